The predicted molar refractivity (Wildman–Crippen MR) is 112 cm³/mol. The zero-order valence-corrected chi connectivity index (χ0v) is 17.8. The Morgan fingerprint density at radius 3 is 2.37 bits per heavy atom. The lowest BCUT2D eigenvalue weighted by atomic mass is 10.1. The standard InChI is InChI=1S/C21H37N3O3/c1-7-22-21(23-13-10-14-27-16(4)5)24-17(6)18-11-12-19(25-8-2)20(15-18)26-9-3/h11-12,15-17H,7-10,13-14H2,1-6H3,(H2,22,23,24). The van der Waals surface area contributed by atoms with Crippen LogP contribution in [-0.4, -0.2) is 45.0 Å². The number of guanidine groups is 1. The van der Waals surface area contributed by atoms with Crippen LogP contribution in [0.3, 0.4) is 0 Å². The number of nitrogens with zero attached hydrogens (tertiary/aromatic N) is 1. The summed E-state index contributed by atoms with van der Waals surface area (Å²) in [6, 6.07) is 6.15. The monoisotopic (exact) mass is 379 g/mol. The summed E-state index contributed by atoms with van der Waals surface area (Å²) in [5.41, 5.74) is 1.12. The van der Waals surface area contributed by atoms with Crippen LogP contribution in [0.4, 0.5) is 0 Å². The molecule has 27 heavy (non-hydrogen) atoms. The van der Waals surface area contributed by atoms with E-state index < -0.39 is 0 Å². The van der Waals surface area contributed by atoms with Crippen molar-refractivity contribution in [1.29, 1.82) is 0 Å². The highest BCUT2D eigenvalue weighted by Gasteiger charge is 2.12. The molecule has 6 heteroatoms. The van der Waals surface area contributed by atoms with Crippen LogP contribution in [0.15, 0.2) is 23.2 Å². The molecule has 1 aromatic rings. The van der Waals surface area contributed by atoms with Crippen molar-refractivity contribution in [1.82, 2.24) is 10.6 Å². The van der Waals surface area contributed by atoms with E-state index in [0.29, 0.717) is 13.2 Å². The van der Waals surface area contributed by atoms with Gasteiger partial charge in [-0.15, -0.1) is 0 Å². The quantitative estimate of drug-likeness (QED) is 0.327. The maximum absolute atomic E-state index is 5.73. The summed E-state index contributed by atoms with van der Waals surface area (Å²) in [5.74, 6) is 2.36. The van der Waals surface area contributed by atoms with E-state index in [2.05, 4.69) is 35.5 Å². The Balaban J connectivity index is 2.73. The van der Waals surface area contributed by atoms with Crippen molar-refractivity contribution >= 4 is 5.96 Å². The fraction of sp³-hybridized carbons (Fsp3) is 0.667. The second-order valence-electron chi connectivity index (χ2n) is 6.47. The Morgan fingerprint density at radius 2 is 1.74 bits per heavy atom. The van der Waals surface area contributed by atoms with Crippen molar-refractivity contribution in [3.8, 4) is 11.5 Å². The summed E-state index contributed by atoms with van der Waals surface area (Å²) in [4.78, 5) is 4.64. The Morgan fingerprint density at radius 1 is 1.04 bits per heavy atom. The second-order valence-corrected chi connectivity index (χ2v) is 6.47. The molecule has 0 aromatic heterocycles. The van der Waals surface area contributed by atoms with Gasteiger partial charge < -0.3 is 24.8 Å². The first kappa shape index (κ1) is 23.1. The zero-order chi connectivity index (χ0) is 20.1. The number of aliphatic imine (C=N–C) groups is 1. The van der Waals surface area contributed by atoms with E-state index in [1.165, 1.54) is 0 Å². The van der Waals surface area contributed by atoms with Gasteiger partial charge in [-0.05, 0) is 65.7 Å². The van der Waals surface area contributed by atoms with Gasteiger partial charge in [-0.1, -0.05) is 6.07 Å². The van der Waals surface area contributed by atoms with Crippen LogP contribution in [0.1, 0.15) is 59.6 Å². The molecule has 0 aliphatic rings. The summed E-state index contributed by atoms with van der Waals surface area (Å²) >= 11 is 0. The SMILES string of the molecule is CCNC(=NCCCOC(C)C)NC(C)c1ccc(OCC)c(OCC)c1. The van der Waals surface area contributed by atoms with Crippen LogP contribution in [0, 0.1) is 0 Å². The second kappa shape index (κ2) is 13.3. The molecule has 0 saturated carbocycles. The van der Waals surface area contributed by atoms with Crippen molar-refractivity contribution in [2.24, 2.45) is 4.99 Å². The number of nitrogens with one attached hydrogen (secondary N) is 2. The maximum Gasteiger partial charge on any atom is 0.191 e. The molecule has 1 atom stereocenters. The largest absolute Gasteiger partial charge is 0.490 e. The van der Waals surface area contributed by atoms with Crippen LogP contribution >= 0.6 is 0 Å². The minimum Gasteiger partial charge on any atom is -0.490 e. The fourth-order valence-electron chi connectivity index (χ4n) is 2.52. The first-order chi connectivity index (χ1) is 13.0. The number of hydrogen-bond donors (Lipinski definition) is 2. The molecule has 0 heterocycles. The molecular formula is C21H37N3O3. The van der Waals surface area contributed by atoms with Crippen LogP contribution in [0.5, 0.6) is 11.5 Å². The molecule has 0 aliphatic heterocycles. The average Bonchev–Trinajstić information content (AvgIpc) is 2.63. The molecule has 1 unspecified atom stereocenters. The number of ether oxygens (including phenoxy) is 3. The van der Waals surface area contributed by atoms with Gasteiger partial charge in [0.15, 0.2) is 17.5 Å². The van der Waals surface area contributed by atoms with Crippen molar-refractivity contribution in [2.75, 3.05) is 32.9 Å². The van der Waals surface area contributed by atoms with E-state index in [1.807, 2.05) is 39.8 Å². The van der Waals surface area contributed by atoms with E-state index >= 15 is 0 Å². The summed E-state index contributed by atoms with van der Waals surface area (Å²) in [6.45, 7) is 15.7. The minimum atomic E-state index is 0.0876. The lowest BCUT2D eigenvalue weighted by molar-refractivity contribution is 0.0782. The van der Waals surface area contributed by atoms with Crippen molar-refractivity contribution in [3.63, 3.8) is 0 Å². The fourth-order valence-corrected chi connectivity index (χ4v) is 2.52. The summed E-state index contributed by atoms with van der Waals surface area (Å²) in [5, 5.41) is 6.75. The van der Waals surface area contributed by atoms with Gasteiger partial charge in [0, 0.05) is 19.7 Å². The van der Waals surface area contributed by atoms with Crippen LogP contribution in [0.2, 0.25) is 0 Å². The third kappa shape index (κ3) is 9.00. The van der Waals surface area contributed by atoms with Crippen LogP contribution in [-0.2, 0) is 4.74 Å². The van der Waals surface area contributed by atoms with Crippen molar-refractivity contribution in [2.45, 2.75) is 60.1 Å². The van der Waals surface area contributed by atoms with Crippen molar-refractivity contribution < 1.29 is 14.2 Å². The lowest BCUT2D eigenvalue weighted by Gasteiger charge is -2.20. The average molecular weight is 380 g/mol. The van der Waals surface area contributed by atoms with Gasteiger partial charge in [0.05, 0.1) is 25.4 Å². The third-order valence-corrected chi connectivity index (χ3v) is 3.79. The Labute approximate surface area is 164 Å². The molecule has 2 N–H and O–H groups in total. The first-order valence-corrected chi connectivity index (χ1v) is 10.1. The van der Waals surface area contributed by atoms with Gasteiger partial charge in [-0.2, -0.15) is 0 Å². The molecule has 0 aliphatic carbocycles. The Hall–Kier alpha value is -1.95. The molecule has 0 radical (unpaired) electrons. The van der Waals surface area contributed by atoms with Crippen LogP contribution in [0.25, 0.3) is 0 Å². The van der Waals surface area contributed by atoms with Gasteiger partial charge in [0.1, 0.15) is 0 Å². The van der Waals surface area contributed by atoms with Crippen LogP contribution < -0.4 is 20.1 Å². The molecule has 0 saturated heterocycles. The molecular weight excluding hydrogens is 342 g/mol. The van der Waals surface area contributed by atoms with Gasteiger partial charge in [0.2, 0.25) is 0 Å². The van der Waals surface area contributed by atoms with E-state index in [-0.39, 0.29) is 12.1 Å². The molecule has 6 nitrogen and oxygen atoms in total. The third-order valence-electron chi connectivity index (χ3n) is 3.79. The topological polar surface area (TPSA) is 64.1 Å². The number of rotatable bonds is 12. The summed E-state index contributed by atoms with van der Waals surface area (Å²) in [7, 11) is 0. The number of benzene rings is 1. The molecule has 0 bridgehead atoms. The highest BCUT2D eigenvalue weighted by Crippen LogP contribution is 2.30. The van der Waals surface area contributed by atoms with Gasteiger partial charge in [-0.3, -0.25) is 4.99 Å². The van der Waals surface area contributed by atoms with E-state index in [9.17, 15) is 0 Å². The zero-order valence-electron chi connectivity index (χ0n) is 17.8. The van der Waals surface area contributed by atoms with E-state index in [1.54, 1.807) is 0 Å². The summed E-state index contributed by atoms with van der Waals surface area (Å²) < 4.78 is 16.9. The molecule has 1 rings (SSSR count). The van der Waals surface area contributed by atoms with Gasteiger partial charge in [-0.25, -0.2) is 0 Å². The van der Waals surface area contributed by atoms with Gasteiger partial charge >= 0.3 is 0 Å². The maximum atomic E-state index is 5.73. The molecule has 0 spiro atoms. The Bertz CT molecular complexity index is 562. The highest BCUT2D eigenvalue weighted by molar-refractivity contribution is 5.80. The number of hydrogen-bond acceptors (Lipinski definition) is 4. The smallest absolute Gasteiger partial charge is 0.191 e. The molecule has 154 valence electrons. The summed E-state index contributed by atoms with van der Waals surface area (Å²) in [6.07, 6.45) is 1.17. The molecule has 0 fully saturated rings. The molecule has 1 aromatic carbocycles. The van der Waals surface area contributed by atoms with E-state index in [4.69, 9.17) is 14.2 Å². The minimum absolute atomic E-state index is 0.0876. The normalized spacial score (nSPS) is 12.8. The predicted octanol–water partition coefficient (Wildman–Crippen LogP) is 3.92. The lowest BCUT2D eigenvalue weighted by Crippen LogP contribution is -2.38. The first-order valence-electron chi connectivity index (χ1n) is 10.1. The molecule has 0 amide bonds. The van der Waals surface area contributed by atoms with Gasteiger partial charge in [0.25, 0.3) is 0 Å². The van der Waals surface area contributed by atoms with E-state index in [0.717, 1.165) is 49.1 Å². The van der Waals surface area contributed by atoms with Crippen molar-refractivity contribution in [3.05, 3.63) is 23.8 Å². The Kier molecular flexibility index (Phi) is 11.3. The highest BCUT2D eigenvalue weighted by atomic mass is 16.5.